The number of nitrogens with one attached hydrogen (secondary N) is 1. The SMILES string of the molecule is Cl.Cl.O=C1C2=C(C=CC1C(=O)N1CCNCC1)C2. The van der Waals surface area contributed by atoms with Gasteiger partial charge >= 0.3 is 0 Å². The number of allylic oxidation sites excluding steroid dienone is 3. The van der Waals surface area contributed by atoms with E-state index in [9.17, 15) is 9.59 Å². The fourth-order valence-electron chi connectivity index (χ4n) is 2.31. The molecule has 6 heteroatoms. The van der Waals surface area contributed by atoms with Crippen LogP contribution in [0.4, 0.5) is 0 Å². The fraction of sp³-hybridized carbons (Fsp3) is 0.500. The molecule has 1 unspecified atom stereocenters. The largest absolute Gasteiger partial charge is 0.339 e. The monoisotopic (exact) mass is 290 g/mol. The second-order valence-electron chi connectivity index (χ2n) is 4.46. The summed E-state index contributed by atoms with van der Waals surface area (Å²) in [4.78, 5) is 25.8. The van der Waals surface area contributed by atoms with Crippen molar-refractivity contribution in [2.75, 3.05) is 26.2 Å². The lowest BCUT2D eigenvalue weighted by atomic mass is 9.97. The van der Waals surface area contributed by atoms with Crippen molar-refractivity contribution in [1.29, 1.82) is 0 Å². The molecule has 0 spiro atoms. The Morgan fingerprint density at radius 2 is 1.94 bits per heavy atom. The van der Waals surface area contributed by atoms with E-state index in [4.69, 9.17) is 0 Å². The van der Waals surface area contributed by atoms with Crippen molar-refractivity contribution < 1.29 is 9.59 Å². The normalized spacial score (nSPS) is 25.0. The van der Waals surface area contributed by atoms with Crippen molar-refractivity contribution in [3.63, 3.8) is 0 Å². The van der Waals surface area contributed by atoms with Gasteiger partial charge in [0.15, 0.2) is 5.78 Å². The van der Waals surface area contributed by atoms with Crippen molar-refractivity contribution in [1.82, 2.24) is 10.2 Å². The van der Waals surface area contributed by atoms with Gasteiger partial charge in [-0.2, -0.15) is 0 Å². The average Bonchev–Trinajstić information content (AvgIpc) is 3.10. The molecule has 0 aromatic rings. The average molecular weight is 291 g/mol. The summed E-state index contributed by atoms with van der Waals surface area (Å²) >= 11 is 0. The predicted molar refractivity (Wildman–Crippen MR) is 73.2 cm³/mol. The first-order valence-corrected chi connectivity index (χ1v) is 5.71. The van der Waals surface area contributed by atoms with Gasteiger partial charge in [0, 0.05) is 38.2 Å². The zero-order valence-electron chi connectivity index (χ0n) is 9.85. The van der Waals surface area contributed by atoms with Crippen molar-refractivity contribution >= 4 is 36.5 Å². The van der Waals surface area contributed by atoms with E-state index in [0.29, 0.717) is 13.1 Å². The maximum Gasteiger partial charge on any atom is 0.237 e. The third kappa shape index (κ3) is 2.60. The van der Waals surface area contributed by atoms with E-state index >= 15 is 0 Å². The first kappa shape index (κ1) is 15.2. The topological polar surface area (TPSA) is 49.4 Å². The van der Waals surface area contributed by atoms with E-state index in [1.54, 1.807) is 11.0 Å². The molecule has 1 amide bonds. The van der Waals surface area contributed by atoms with Gasteiger partial charge in [-0.25, -0.2) is 0 Å². The van der Waals surface area contributed by atoms with E-state index in [2.05, 4.69) is 5.32 Å². The number of Topliss-reactive ketones (excluding diaryl/α,β-unsaturated/α-hetero) is 1. The summed E-state index contributed by atoms with van der Waals surface area (Å²) < 4.78 is 0. The summed E-state index contributed by atoms with van der Waals surface area (Å²) in [5, 5.41) is 3.19. The molecule has 0 aromatic carbocycles. The summed E-state index contributed by atoms with van der Waals surface area (Å²) in [5.74, 6) is -0.540. The van der Waals surface area contributed by atoms with E-state index in [1.807, 2.05) is 6.08 Å². The van der Waals surface area contributed by atoms with Gasteiger partial charge < -0.3 is 10.2 Å². The molecular formula is C12H16Cl2N2O2. The van der Waals surface area contributed by atoms with E-state index in [0.717, 1.165) is 30.7 Å². The van der Waals surface area contributed by atoms with Gasteiger partial charge in [-0.3, -0.25) is 9.59 Å². The lowest BCUT2D eigenvalue weighted by Gasteiger charge is -2.29. The fourth-order valence-corrected chi connectivity index (χ4v) is 2.31. The maximum absolute atomic E-state index is 12.1. The molecule has 1 saturated heterocycles. The van der Waals surface area contributed by atoms with Crippen LogP contribution in [0.3, 0.4) is 0 Å². The van der Waals surface area contributed by atoms with Crippen LogP contribution in [0, 0.1) is 5.92 Å². The number of carbonyl (C=O) groups is 2. The highest BCUT2D eigenvalue weighted by atomic mass is 35.5. The molecule has 1 aliphatic heterocycles. The summed E-state index contributed by atoms with van der Waals surface area (Å²) in [7, 11) is 0. The van der Waals surface area contributed by atoms with Crippen LogP contribution in [0.15, 0.2) is 23.3 Å². The Morgan fingerprint density at radius 3 is 2.61 bits per heavy atom. The molecule has 3 rings (SSSR count). The second kappa shape index (κ2) is 5.87. The molecule has 1 fully saturated rings. The summed E-state index contributed by atoms with van der Waals surface area (Å²) in [5.41, 5.74) is 1.99. The Bertz CT molecular complexity index is 426. The number of piperazine rings is 1. The van der Waals surface area contributed by atoms with Crippen LogP contribution in [0.1, 0.15) is 6.42 Å². The third-order valence-electron chi connectivity index (χ3n) is 3.39. The van der Waals surface area contributed by atoms with Gasteiger partial charge in [-0.1, -0.05) is 12.2 Å². The molecule has 0 bridgehead atoms. The highest BCUT2D eigenvalue weighted by molar-refractivity contribution is 6.15. The number of hydrogen-bond donors (Lipinski definition) is 1. The molecular weight excluding hydrogens is 275 g/mol. The number of rotatable bonds is 1. The molecule has 1 heterocycles. The third-order valence-corrected chi connectivity index (χ3v) is 3.39. The van der Waals surface area contributed by atoms with Crippen LogP contribution in [-0.2, 0) is 9.59 Å². The van der Waals surface area contributed by atoms with Gasteiger partial charge in [0.25, 0.3) is 0 Å². The minimum Gasteiger partial charge on any atom is -0.339 e. The number of ketones is 1. The van der Waals surface area contributed by atoms with Crippen LogP contribution in [0.5, 0.6) is 0 Å². The van der Waals surface area contributed by atoms with Crippen LogP contribution < -0.4 is 5.32 Å². The minimum absolute atomic E-state index is 0. The van der Waals surface area contributed by atoms with E-state index in [1.165, 1.54) is 0 Å². The van der Waals surface area contributed by atoms with Crippen molar-refractivity contribution in [2.24, 2.45) is 5.92 Å². The van der Waals surface area contributed by atoms with Crippen LogP contribution in [0.25, 0.3) is 0 Å². The van der Waals surface area contributed by atoms with Gasteiger partial charge in [0.05, 0.1) is 0 Å². The zero-order valence-corrected chi connectivity index (χ0v) is 11.5. The molecule has 18 heavy (non-hydrogen) atoms. The van der Waals surface area contributed by atoms with Crippen LogP contribution in [0.2, 0.25) is 0 Å². The summed E-state index contributed by atoms with van der Waals surface area (Å²) in [6, 6.07) is 0. The molecule has 1 N–H and O–H groups in total. The van der Waals surface area contributed by atoms with E-state index < -0.39 is 5.92 Å². The Hall–Kier alpha value is -0.840. The maximum atomic E-state index is 12.1. The quantitative estimate of drug-likeness (QED) is 0.724. The molecule has 2 aliphatic carbocycles. The highest BCUT2D eigenvalue weighted by Crippen LogP contribution is 2.39. The number of nitrogens with zero attached hydrogens (tertiary/aromatic N) is 1. The predicted octanol–water partition coefficient (Wildman–Crippen LogP) is 0.717. The zero-order chi connectivity index (χ0) is 11.1. The van der Waals surface area contributed by atoms with Gasteiger partial charge in [-0.15, -0.1) is 24.8 Å². The molecule has 3 aliphatic rings. The highest BCUT2D eigenvalue weighted by Gasteiger charge is 2.39. The van der Waals surface area contributed by atoms with Gasteiger partial charge in [-0.05, 0) is 5.57 Å². The smallest absolute Gasteiger partial charge is 0.237 e. The molecule has 0 radical (unpaired) electrons. The molecule has 1 atom stereocenters. The van der Waals surface area contributed by atoms with Crippen molar-refractivity contribution in [2.45, 2.75) is 6.42 Å². The Kier molecular flexibility index (Phi) is 4.96. The lowest BCUT2D eigenvalue weighted by molar-refractivity contribution is -0.138. The van der Waals surface area contributed by atoms with Gasteiger partial charge in [0.2, 0.25) is 5.91 Å². The van der Waals surface area contributed by atoms with E-state index in [-0.39, 0.29) is 36.5 Å². The molecule has 100 valence electrons. The first-order valence-electron chi connectivity index (χ1n) is 5.71. The van der Waals surface area contributed by atoms with Crippen molar-refractivity contribution in [3.8, 4) is 0 Å². The van der Waals surface area contributed by atoms with Crippen LogP contribution >= 0.6 is 24.8 Å². The van der Waals surface area contributed by atoms with Crippen molar-refractivity contribution in [3.05, 3.63) is 23.3 Å². The standard InChI is InChI=1S/C12H14N2O2.2ClH/c15-11-9(2-1-8-7-10(8)11)12(16)14-5-3-13-4-6-14;;/h1-2,9,13H,3-7H2;2*1H. The number of carbonyl (C=O) groups excluding carboxylic acids is 2. The molecule has 0 saturated carbocycles. The van der Waals surface area contributed by atoms with Crippen LogP contribution in [-0.4, -0.2) is 42.8 Å². The molecule has 4 nitrogen and oxygen atoms in total. The Balaban J connectivity index is 0.000000810. The number of hydrogen-bond acceptors (Lipinski definition) is 3. The second-order valence-corrected chi connectivity index (χ2v) is 4.46. The molecule has 0 aromatic heterocycles. The number of amides is 1. The lowest BCUT2D eigenvalue weighted by Crippen LogP contribution is -2.49. The summed E-state index contributed by atoms with van der Waals surface area (Å²) in [6.45, 7) is 3.07. The minimum atomic E-state index is -0.542. The Morgan fingerprint density at radius 1 is 1.28 bits per heavy atom. The number of halogens is 2. The first-order chi connectivity index (χ1) is 7.77. The summed E-state index contributed by atoms with van der Waals surface area (Å²) in [6.07, 6.45) is 4.49. The van der Waals surface area contributed by atoms with Gasteiger partial charge in [0.1, 0.15) is 5.92 Å². The Labute approximate surface area is 118 Å².